The molecule has 57 heavy (non-hydrogen) atoms. The molecule has 0 amide bonds. The molecule has 0 saturated heterocycles. The summed E-state index contributed by atoms with van der Waals surface area (Å²) in [5.41, 5.74) is 18.5. The predicted molar refractivity (Wildman–Crippen MR) is 241 cm³/mol. The molecule has 0 atom stereocenters. The summed E-state index contributed by atoms with van der Waals surface area (Å²) in [7, 11) is 0. The average Bonchev–Trinajstić information content (AvgIpc) is 3.93. The summed E-state index contributed by atoms with van der Waals surface area (Å²) in [5, 5.41) is 2.55. The maximum absolute atomic E-state index is 2.55. The number of anilines is 3. The Morgan fingerprint density at radius 2 is 0.895 bits per heavy atom. The van der Waals surface area contributed by atoms with E-state index in [1.807, 2.05) is 11.3 Å². The molecule has 12 rings (SSSR count). The zero-order chi connectivity index (χ0) is 37.5. The summed E-state index contributed by atoms with van der Waals surface area (Å²) in [4.78, 5) is 2.55. The predicted octanol–water partition coefficient (Wildman–Crippen LogP) is 15.2. The van der Waals surface area contributed by atoms with Gasteiger partial charge in [0.05, 0.1) is 16.8 Å². The molecule has 0 aliphatic heterocycles. The number of thiophene rings is 1. The highest BCUT2D eigenvalue weighted by molar-refractivity contribution is 7.26. The van der Waals surface area contributed by atoms with Gasteiger partial charge in [-0.3, -0.25) is 0 Å². The van der Waals surface area contributed by atoms with Gasteiger partial charge in [0.1, 0.15) is 0 Å². The summed E-state index contributed by atoms with van der Waals surface area (Å²) in [6.45, 7) is 0. The van der Waals surface area contributed by atoms with Crippen LogP contribution in [-0.4, -0.2) is 0 Å². The maximum Gasteiger partial charge on any atom is 0.0726 e. The Labute approximate surface area is 336 Å². The number of nitrogens with zero attached hydrogens (tertiary/aromatic N) is 1. The van der Waals surface area contributed by atoms with Gasteiger partial charge in [0.25, 0.3) is 0 Å². The fourth-order valence-electron chi connectivity index (χ4n) is 9.99. The second-order valence-electron chi connectivity index (χ2n) is 15.1. The fraction of sp³-hybridized carbons (Fsp3) is 0.0182. The van der Waals surface area contributed by atoms with E-state index in [9.17, 15) is 0 Å². The van der Waals surface area contributed by atoms with Crippen LogP contribution in [0, 0.1) is 0 Å². The standard InChI is InChI=1S/C55H35NS/c1-3-16-36(17-4-1)37-30-32-39(33-31-37)56(50-35-34-40(38-18-5-2-6-19-38)54-53(50)44-23-10-14-29-51(44)57-54)49-28-15-27-48-52(49)43-22-9-13-26-47(43)55(48)45-24-11-7-20-41(45)42-21-8-12-25-46(42)55/h1-35H. The highest BCUT2D eigenvalue weighted by atomic mass is 32.1. The highest BCUT2D eigenvalue weighted by Crippen LogP contribution is 2.65. The Bertz CT molecular complexity index is 3130. The second-order valence-corrected chi connectivity index (χ2v) is 16.2. The SMILES string of the molecule is c1ccc(-c2ccc(N(c3cccc4c3-c3ccccc3C43c4ccccc4-c4ccccc43)c3ccc(-c4ccccc4)c4sc5ccccc5c34)cc2)cc1. The summed E-state index contributed by atoms with van der Waals surface area (Å²) < 4.78 is 2.59. The minimum absolute atomic E-state index is 0.431. The van der Waals surface area contributed by atoms with Crippen LogP contribution in [-0.2, 0) is 5.41 Å². The molecule has 0 bridgehead atoms. The summed E-state index contributed by atoms with van der Waals surface area (Å²) in [5.74, 6) is 0. The van der Waals surface area contributed by atoms with Crippen LogP contribution in [0.25, 0.3) is 64.7 Å². The first kappa shape index (κ1) is 32.3. The summed E-state index contributed by atoms with van der Waals surface area (Å²) >= 11 is 1.89. The van der Waals surface area contributed by atoms with Crippen LogP contribution in [0.3, 0.4) is 0 Å². The normalized spacial score (nSPS) is 13.1. The summed E-state index contributed by atoms with van der Waals surface area (Å²) in [6.07, 6.45) is 0. The number of benzene rings is 9. The molecule has 0 N–H and O–H groups in total. The monoisotopic (exact) mass is 741 g/mol. The first-order chi connectivity index (χ1) is 28.3. The quantitative estimate of drug-likeness (QED) is 0.170. The number of hydrogen-bond acceptors (Lipinski definition) is 2. The molecule has 0 unspecified atom stereocenters. The first-order valence-electron chi connectivity index (χ1n) is 19.7. The van der Waals surface area contributed by atoms with Crippen molar-refractivity contribution in [3.05, 3.63) is 235 Å². The second kappa shape index (κ2) is 12.5. The minimum Gasteiger partial charge on any atom is -0.309 e. The number of hydrogen-bond donors (Lipinski definition) is 0. The van der Waals surface area contributed by atoms with E-state index in [2.05, 4.69) is 217 Å². The fourth-order valence-corrected chi connectivity index (χ4v) is 11.3. The van der Waals surface area contributed by atoms with Crippen molar-refractivity contribution in [1.29, 1.82) is 0 Å². The van der Waals surface area contributed by atoms with E-state index in [1.54, 1.807) is 0 Å². The van der Waals surface area contributed by atoms with Crippen LogP contribution < -0.4 is 4.90 Å². The van der Waals surface area contributed by atoms with Gasteiger partial charge >= 0.3 is 0 Å². The average molecular weight is 742 g/mol. The molecule has 1 heterocycles. The molecule has 2 aliphatic carbocycles. The van der Waals surface area contributed by atoms with Gasteiger partial charge in [-0.15, -0.1) is 11.3 Å². The van der Waals surface area contributed by atoms with Gasteiger partial charge in [-0.1, -0.05) is 182 Å². The van der Waals surface area contributed by atoms with Crippen LogP contribution in [0.1, 0.15) is 22.3 Å². The van der Waals surface area contributed by atoms with Crippen molar-refractivity contribution < 1.29 is 0 Å². The van der Waals surface area contributed by atoms with E-state index in [0.29, 0.717) is 0 Å². The van der Waals surface area contributed by atoms with Crippen molar-refractivity contribution in [2.45, 2.75) is 5.41 Å². The van der Waals surface area contributed by atoms with Gasteiger partial charge in [-0.05, 0) is 91.5 Å². The molecule has 1 spiro atoms. The Kier molecular flexibility index (Phi) is 7.08. The molecule has 9 aromatic carbocycles. The van der Waals surface area contributed by atoms with Gasteiger partial charge in [0, 0.05) is 31.4 Å². The molecule has 2 heteroatoms. The van der Waals surface area contributed by atoms with Crippen molar-refractivity contribution in [2.75, 3.05) is 4.90 Å². The molecule has 10 aromatic rings. The lowest BCUT2D eigenvalue weighted by molar-refractivity contribution is 0.794. The molecule has 0 fully saturated rings. The van der Waals surface area contributed by atoms with Crippen molar-refractivity contribution >= 4 is 48.6 Å². The van der Waals surface area contributed by atoms with E-state index in [0.717, 1.165) is 5.69 Å². The Hall–Kier alpha value is -7.00. The molecule has 0 radical (unpaired) electrons. The molecule has 1 nitrogen and oxygen atoms in total. The molecule has 0 saturated carbocycles. The molecular formula is C55H35NS. The summed E-state index contributed by atoms with van der Waals surface area (Å²) in [6, 6.07) is 78.6. The highest BCUT2D eigenvalue weighted by Gasteiger charge is 2.52. The third kappa shape index (κ3) is 4.56. The van der Waals surface area contributed by atoms with Crippen LogP contribution >= 0.6 is 11.3 Å². The third-order valence-electron chi connectivity index (χ3n) is 12.3. The van der Waals surface area contributed by atoms with Crippen LogP contribution in [0.15, 0.2) is 212 Å². The lowest BCUT2D eigenvalue weighted by Crippen LogP contribution is -2.26. The van der Waals surface area contributed by atoms with Crippen molar-refractivity contribution in [2.24, 2.45) is 0 Å². The topological polar surface area (TPSA) is 3.24 Å². The zero-order valence-electron chi connectivity index (χ0n) is 31.1. The molecular weight excluding hydrogens is 707 g/mol. The van der Waals surface area contributed by atoms with Gasteiger partial charge in [0.2, 0.25) is 0 Å². The largest absolute Gasteiger partial charge is 0.309 e. The van der Waals surface area contributed by atoms with Gasteiger partial charge in [-0.2, -0.15) is 0 Å². The van der Waals surface area contributed by atoms with Crippen molar-refractivity contribution in [3.63, 3.8) is 0 Å². The first-order valence-corrected chi connectivity index (χ1v) is 20.5. The van der Waals surface area contributed by atoms with E-state index < -0.39 is 5.41 Å². The van der Waals surface area contributed by atoms with Crippen molar-refractivity contribution in [3.8, 4) is 44.5 Å². The van der Waals surface area contributed by atoms with E-state index in [1.165, 1.54) is 98.3 Å². The van der Waals surface area contributed by atoms with E-state index in [4.69, 9.17) is 0 Å². The molecule has 2 aliphatic rings. The maximum atomic E-state index is 2.55. The minimum atomic E-state index is -0.431. The molecule has 266 valence electrons. The van der Waals surface area contributed by atoms with Gasteiger partial charge in [-0.25, -0.2) is 0 Å². The smallest absolute Gasteiger partial charge is 0.0726 e. The third-order valence-corrected chi connectivity index (χ3v) is 13.5. The zero-order valence-corrected chi connectivity index (χ0v) is 31.9. The van der Waals surface area contributed by atoms with E-state index >= 15 is 0 Å². The number of fused-ring (bicyclic) bond motifs is 13. The lowest BCUT2D eigenvalue weighted by Gasteiger charge is -2.32. The van der Waals surface area contributed by atoms with Gasteiger partial charge < -0.3 is 4.90 Å². The Morgan fingerprint density at radius 1 is 0.351 bits per heavy atom. The van der Waals surface area contributed by atoms with E-state index in [-0.39, 0.29) is 0 Å². The Morgan fingerprint density at radius 3 is 1.60 bits per heavy atom. The Balaban J connectivity index is 1.18. The number of rotatable bonds is 5. The van der Waals surface area contributed by atoms with Crippen molar-refractivity contribution in [1.82, 2.24) is 0 Å². The molecule has 1 aromatic heterocycles. The van der Waals surface area contributed by atoms with Gasteiger partial charge in [0.15, 0.2) is 0 Å². The van der Waals surface area contributed by atoms with Crippen LogP contribution in [0.4, 0.5) is 17.1 Å². The lowest BCUT2D eigenvalue weighted by atomic mass is 9.70. The van der Waals surface area contributed by atoms with Crippen LogP contribution in [0.5, 0.6) is 0 Å². The van der Waals surface area contributed by atoms with Crippen LogP contribution in [0.2, 0.25) is 0 Å².